The van der Waals surface area contributed by atoms with Crippen LogP contribution in [0.3, 0.4) is 0 Å². The fraction of sp³-hybridized carbons (Fsp3) is 0.231. The number of carbonyl (C=O) groups excluding carboxylic acids is 3. The second kappa shape index (κ2) is 11.2. The second-order valence-electron chi connectivity index (χ2n) is 7.69. The molecule has 36 heavy (non-hydrogen) atoms. The van der Waals surface area contributed by atoms with Crippen LogP contribution in [0.5, 0.6) is 5.75 Å². The third-order valence-corrected chi connectivity index (χ3v) is 5.32. The molecule has 1 aliphatic rings. The summed E-state index contributed by atoms with van der Waals surface area (Å²) >= 11 is 0. The first kappa shape index (κ1) is 24.5. The number of benzene rings is 2. The molecule has 0 radical (unpaired) electrons. The van der Waals surface area contributed by atoms with E-state index in [9.17, 15) is 14.4 Å². The van der Waals surface area contributed by atoms with Crippen molar-refractivity contribution in [1.82, 2.24) is 20.4 Å². The van der Waals surface area contributed by atoms with Crippen molar-refractivity contribution in [1.29, 1.82) is 0 Å². The number of para-hydroxylation sites is 1. The molecule has 186 valence electrons. The third kappa shape index (κ3) is 5.38. The summed E-state index contributed by atoms with van der Waals surface area (Å²) in [5.74, 6) is -1.11. The average molecular weight is 491 g/mol. The maximum atomic E-state index is 12.9. The molecular weight excluding hydrogens is 464 g/mol. The van der Waals surface area contributed by atoms with Gasteiger partial charge in [-0.3, -0.25) is 0 Å². The largest absolute Gasteiger partial charge is 0.483 e. The quantitative estimate of drug-likeness (QED) is 0.442. The van der Waals surface area contributed by atoms with E-state index in [1.807, 2.05) is 48.5 Å². The van der Waals surface area contributed by atoms with Crippen molar-refractivity contribution in [2.75, 3.05) is 19.8 Å². The average Bonchev–Trinajstić information content (AvgIpc) is 3.33. The van der Waals surface area contributed by atoms with Crippen LogP contribution < -0.4 is 15.4 Å². The molecule has 1 atom stereocenters. The summed E-state index contributed by atoms with van der Waals surface area (Å²) in [6.07, 6.45) is 1.55. The molecule has 2 aromatic carbocycles. The van der Waals surface area contributed by atoms with Gasteiger partial charge in [0.15, 0.2) is 5.75 Å². The van der Waals surface area contributed by atoms with Crippen LogP contribution in [-0.4, -0.2) is 47.6 Å². The zero-order valence-corrected chi connectivity index (χ0v) is 19.9. The number of urea groups is 1. The number of ether oxygens (including phenoxy) is 3. The van der Waals surface area contributed by atoms with Crippen LogP contribution in [0.4, 0.5) is 4.79 Å². The second-order valence-corrected chi connectivity index (χ2v) is 7.69. The third-order valence-electron chi connectivity index (χ3n) is 5.32. The highest BCUT2D eigenvalue weighted by molar-refractivity contribution is 5.95. The Kier molecular flexibility index (Phi) is 7.64. The van der Waals surface area contributed by atoms with Crippen LogP contribution in [0.2, 0.25) is 0 Å². The minimum absolute atomic E-state index is 0.0288. The van der Waals surface area contributed by atoms with E-state index in [0.717, 1.165) is 0 Å². The Hall–Kier alpha value is -4.60. The van der Waals surface area contributed by atoms with E-state index in [1.54, 1.807) is 32.2 Å². The van der Waals surface area contributed by atoms with Gasteiger partial charge in [-0.25, -0.2) is 19.1 Å². The van der Waals surface area contributed by atoms with Crippen molar-refractivity contribution in [3.05, 3.63) is 89.4 Å². The summed E-state index contributed by atoms with van der Waals surface area (Å²) in [6, 6.07) is 17.0. The fourth-order valence-electron chi connectivity index (χ4n) is 3.74. The number of aromatic nitrogens is 2. The Bertz CT molecular complexity index is 1270. The van der Waals surface area contributed by atoms with E-state index in [0.29, 0.717) is 11.3 Å². The van der Waals surface area contributed by atoms with E-state index in [4.69, 9.17) is 14.2 Å². The van der Waals surface area contributed by atoms with E-state index < -0.39 is 24.0 Å². The van der Waals surface area contributed by atoms with Gasteiger partial charge in [0.25, 0.3) is 0 Å². The van der Waals surface area contributed by atoms with Crippen molar-refractivity contribution in [3.8, 4) is 11.4 Å². The van der Waals surface area contributed by atoms with Crippen LogP contribution >= 0.6 is 0 Å². The molecule has 1 aromatic heterocycles. The molecule has 0 aliphatic carbocycles. The topological polar surface area (TPSA) is 121 Å². The van der Waals surface area contributed by atoms with Gasteiger partial charge in [0.1, 0.15) is 6.61 Å². The normalized spacial score (nSPS) is 15.1. The molecule has 1 aliphatic heterocycles. The summed E-state index contributed by atoms with van der Waals surface area (Å²) in [5.41, 5.74) is 1.81. The summed E-state index contributed by atoms with van der Waals surface area (Å²) in [5, 5.41) is 9.75. The van der Waals surface area contributed by atoms with Gasteiger partial charge in [-0.05, 0) is 31.5 Å². The number of amides is 2. The number of nitrogens with zero attached hydrogens (tertiary/aromatic N) is 2. The lowest BCUT2D eigenvalue weighted by Crippen LogP contribution is -2.47. The predicted octanol–water partition coefficient (Wildman–Crippen LogP) is 3.30. The van der Waals surface area contributed by atoms with Crippen LogP contribution in [0.15, 0.2) is 78.1 Å². The van der Waals surface area contributed by atoms with Crippen LogP contribution in [0.25, 0.3) is 5.69 Å². The van der Waals surface area contributed by atoms with Gasteiger partial charge in [-0.15, -0.1) is 0 Å². The van der Waals surface area contributed by atoms with Gasteiger partial charge in [0.05, 0.1) is 42.4 Å². The van der Waals surface area contributed by atoms with Gasteiger partial charge < -0.3 is 24.8 Å². The smallest absolute Gasteiger partial charge is 0.362 e. The molecule has 4 rings (SSSR count). The van der Waals surface area contributed by atoms with Gasteiger partial charge in [-0.2, -0.15) is 5.10 Å². The van der Waals surface area contributed by atoms with Gasteiger partial charge in [-0.1, -0.05) is 48.5 Å². The van der Waals surface area contributed by atoms with E-state index >= 15 is 0 Å². The highest BCUT2D eigenvalue weighted by Gasteiger charge is 2.34. The molecule has 0 fully saturated rings. The number of hydrogen-bond acceptors (Lipinski definition) is 7. The van der Waals surface area contributed by atoms with Crippen molar-refractivity contribution in [3.63, 3.8) is 0 Å². The standard InChI is InChI=1S/C26H26N4O6/c1-3-34-24(31)21-19(27-26(33)28-22(21)17-11-7-5-8-12-17)16-36-20-15-30(18-13-9-6-10-14-18)29-23(20)25(32)35-4-2/h5-15,22H,3-4,16H2,1-2H3,(H2,27,28,33). The summed E-state index contributed by atoms with van der Waals surface area (Å²) < 4.78 is 17.8. The lowest BCUT2D eigenvalue weighted by Gasteiger charge is -2.29. The van der Waals surface area contributed by atoms with E-state index in [2.05, 4.69) is 15.7 Å². The molecule has 10 heteroatoms. The minimum Gasteiger partial charge on any atom is -0.483 e. The van der Waals surface area contributed by atoms with Crippen molar-refractivity contribution >= 4 is 18.0 Å². The summed E-state index contributed by atoms with van der Waals surface area (Å²) in [7, 11) is 0. The highest BCUT2D eigenvalue weighted by atomic mass is 16.5. The lowest BCUT2D eigenvalue weighted by molar-refractivity contribution is -0.139. The van der Waals surface area contributed by atoms with E-state index in [1.165, 1.54) is 4.68 Å². The fourth-order valence-corrected chi connectivity index (χ4v) is 3.74. The van der Waals surface area contributed by atoms with Crippen molar-refractivity contribution in [2.24, 2.45) is 0 Å². The van der Waals surface area contributed by atoms with E-state index in [-0.39, 0.29) is 42.5 Å². The highest BCUT2D eigenvalue weighted by Crippen LogP contribution is 2.29. The summed E-state index contributed by atoms with van der Waals surface area (Å²) in [4.78, 5) is 38.0. The molecule has 2 amide bonds. The number of rotatable bonds is 9. The maximum Gasteiger partial charge on any atom is 0.362 e. The van der Waals surface area contributed by atoms with Crippen LogP contribution in [-0.2, 0) is 14.3 Å². The van der Waals surface area contributed by atoms with Crippen LogP contribution in [0.1, 0.15) is 35.9 Å². The Morgan fingerprint density at radius 2 is 1.58 bits per heavy atom. The zero-order valence-electron chi connectivity index (χ0n) is 19.9. The maximum absolute atomic E-state index is 12.9. The minimum atomic E-state index is -0.742. The molecule has 1 unspecified atom stereocenters. The SMILES string of the molecule is CCOC(=O)C1=C(COc2cn(-c3ccccc3)nc2C(=O)OCC)NC(=O)NC1c1ccccc1. The number of nitrogens with one attached hydrogen (secondary N) is 2. The monoisotopic (exact) mass is 490 g/mol. The Morgan fingerprint density at radius 3 is 2.25 bits per heavy atom. The van der Waals surface area contributed by atoms with Crippen molar-refractivity contribution in [2.45, 2.75) is 19.9 Å². The van der Waals surface area contributed by atoms with Gasteiger partial charge in [0.2, 0.25) is 5.69 Å². The number of carbonyl (C=O) groups is 3. The molecular formula is C26H26N4O6. The van der Waals surface area contributed by atoms with Gasteiger partial charge in [0, 0.05) is 0 Å². The molecule has 2 heterocycles. The first-order valence-corrected chi connectivity index (χ1v) is 11.5. The number of esters is 2. The Balaban J connectivity index is 1.70. The predicted molar refractivity (Wildman–Crippen MR) is 130 cm³/mol. The Morgan fingerprint density at radius 1 is 0.944 bits per heavy atom. The molecule has 3 aromatic rings. The molecule has 2 N–H and O–H groups in total. The van der Waals surface area contributed by atoms with Crippen molar-refractivity contribution < 1.29 is 28.6 Å². The summed E-state index contributed by atoms with van der Waals surface area (Å²) in [6.45, 7) is 3.48. The molecule has 10 nitrogen and oxygen atoms in total. The molecule has 0 bridgehead atoms. The first-order chi connectivity index (χ1) is 17.5. The van der Waals surface area contributed by atoms with Gasteiger partial charge >= 0.3 is 18.0 Å². The lowest BCUT2D eigenvalue weighted by atomic mass is 9.95. The zero-order chi connectivity index (χ0) is 25.5. The van der Waals surface area contributed by atoms with Crippen LogP contribution in [0, 0.1) is 0 Å². The molecule has 0 saturated heterocycles. The molecule has 0 spiro atoms. The Labute approximate surface area is 207 Å². The molecule has 0 saturated carbocycles. The number of hydrogen-bond donors (Lipinski definition) is 2. The first-order valence-electron chi connectivity index (χ1n) is 11.5.